The summed E-state index contributed by atoms with van der Waals surface area (Å²) in [5.74, 6) is 1.55. The number of allylic oxidation sites excluding steroid dienone is 1. The predicted molar refractivity (Wildman–Crippen MR) is 98.3 cm³/mol. The van der Waals surface area contributed by atoms with E-state index in [0.29, 0.717) is 30.6 Å². The first kappa shape index (κ1) is 18.2. The zero-order chi connectivity index (χ0) is 18.7. The number of fused-ring (bicyclic) bond motifs is 5. The molecule has 0 spiro atoms. The molecule has 0 aromatic carbocycles. The number of carbonyl (C=O) groups is 2. The van der Waals surface area contributed by atoms with Crippen LogP contribution in [-0.2, 0) is 14.3 Å². The van der Waals surface area contributed by atoms with Crippen molar-refractivity contribution in [2.24, 2.45) is 28.6 Å². The highest BCUT2D eigenvalue weighted by Gasteiger charge is 2.65. The summed E-state index contributed by atoms with van der Waals surface area (Å²) in [6.07, 6.45) is 9.96. The number of hydrogen-bond acceptors (Lipinski definition) is 4. The van der Waals surface area contributed by atoms with E-state index in [4.69, 9.17) is 4.74 Å². The first-order valence-corrected chi connectivity index (χ1v) is 10.3. The molecule has 26 heavy (non-hydrogen) atoms. The lowest BCUT2D eigenvalue weighted by molar-refractivity contribution is -0.159. The van der Waals surface area contributed by atoms with Gasteiger partial charge in [-0.2, -0.15) is 0 Å². The molecule has 1 unspecified atom stereocenters. The first-order valence-electron chi connectivity index (χ1n) is 10.3. The Morgan fingerprint density at radius 3 is 2.62 bits per heavy atom. The van der Waals surface area contributed by atoms with Gasteiger partial charge in [0.25, 0.3) is 6.47 Å². The van der Waals surface area contributed by atoms with Gasteiger partial charge in [-0.1, -0.05) is 25.5 Å². The minimum Gasteiger partial charge on any atom is -0.464 e. The SMILES string of the molecule is CC(=O)[C@@]1(O)CC[C@H]2[C@@H]3CC=C4CC(OC=O)CC[C@]4(C)[C@H]3CC[C@@]21C. The molecule has 0 bridgehead atoms. The van der Waals surface area contributed by atoms with Crippen LogP contribution in [0.15, 0.2) is 11.6 Å². The molecular weight excluding hydrogens is 328 g/mol. The van der Waals surface area contributed by atoms with Crippen LogP contribution in [0.25, 0.3) is 0 Å². The van der Waals surface area contributed by atoms with Gasteiger partial charge in [-0.3, -0.25) is 9.59 Å². The monoisotopic (exact) mass is 360 g/mol. The molecule has 0 heterocycles. The molecule has 0 amide bonds. The van der Waals surface area contributed by atoms with E-state index in [1.54, 1.807) is 6.92 Å². The fraction of sp³-hybridized carbons (Fsp3) is 0.818. The lowest BCUT2D eigenvalue weighted by Gasteiger charge is -2.58. The molecule has 0 saturated heterocycles. The Labute approximate surface area is 156 Å². The van der Waals surface area contributed by atoms with Crippen molar-refractivity contribution in [3.63, 3.8) is 0 Å². The van der Waals surface area contributed by atoms with Crippen molar-refractivity contribution >= 4 is 12.3 Å². The molecule has 4 nitrogen and oxygen atoms in total. The molecular formula is C22H32O4. The Morgan fingerprint density at radius 2 is 1.92 bits per heavy atom. The fourth-order valence-electron chi connectivity index (χ4n) is 7.42. The average molecular weight is 360 g/mol. The van der Waals surface area contributed by atoms with Gasteiger partial charge in [0, 0.05) is 11.8 Å². The van der Waals surface area contributed by atoms with Gasteiger partial charge in [0.1, 0.15) is 11.7 Å². The minimum absolute atomic E-state index is 0.0338. The highest BCUT2D eigenvalue weighted by atomic mass is 16.5. The van der Waals surface area contributed by atoms with Crippen molar-refractivity contribution in [2.45, 2.75) is 83.8 Å². The quantitative estimate of drug-likeness (QED) is 0.614. The van der Waals surface area contributed by atoms with E-state index < -0.39 is 5.60 Å². The highest BCUT2D eigenvalue weighted by Crippen LogP contribution is 2.67. The number of ketones is 1. The van der Waals surface area contributed by atoms with Gasteiger partial charge >= 0.3 is 0 Å². The van der Waals surface area contributed by atoms with E-state index >= 15 is 0 Å². The molecule has 0 aromatic rings. The fourth-order valence-corrected chi connectivity index (χ4v) is 7.42. The second kappa shape index (κ2) is 5.92. The molecule has 0 aromatic heterocycles. The molecule has 4 rings (SSSR count). The van der Waals surface area contributed by atoms with Crippen LogP contribution < -0.4 is 0 Å². The molecule has 0 radical (unpaired) electrons. The van der Waals surface area contributed by atoms with Crippen LogP contribution in [-0.4, -0.2) is 29.1 Å². The number of aliphatic hydroxyl groups is 1. The van der Waals surface area contributed by atoms with Crippen LogP contribution in [0.1, 0.15) is 72.1 Å². The summed E-state index contributed by atoms with van der Waals surface area (Å²) in [7, 11) is 0. The summed E-state index contributed by atoms with van der Waals surface area (Å²) >= 11 is 0. The third-order valence-corrected chi connectivity index (χ3v) is 9.04. The third-order valence-electron chi connectivity index (χ3n) is 9.04. The topological polar surface area (TPSA) is 63.6 Å². The van der Waals surface area contributed by atoms with Gasteiger partial charge in [-0.25, -0.2) is 0 Å². The third kappa shape index (κ3) is 2.23. The second-order valence-electron chi connectivity index (χ2n) is 9.77. The Bertz CT molecular complexity index is 655. The maximum Gasteiger partial charge on any atom is 0.293 e. The number of carbonyl (C=O) groups excluding carboxylic acids is 2. The largest absolute Gasteiger partial charge is 0.464 e. The van der Waals surface area contributed by atoms with Crippen LogP contribution >= 0.6 is 0 Å². The normalized spacial score (nSPS) is 50.1. The molecule has 3 saturated carbocycles. The second-order valence-corrected chi connectivity index (χ2v) is 9.77. The Hall–Kier alpha value is -1.16. The standard InChI is InChI=1S/C22H32O4/c1-14(24)22(25)11-8-19-17-5-4-15-12-16(26-13-23)6-9-20(15,2)18(17)7-10-21(19,22)3/h4,13,16-19,25H,5-12H2,1-3H3/t16?,17-,18+,19+,20+,21+,22+/m1/s1. The molecule has 4 aliphatic carbocycles. The number of hydrogen-bond donors (Lipinski definition) is 1. The van der Waals surface area contributed by atoms with Crippen molar-refractivity contribution in [3.05, 3.63) is 11.6 Å². The van der Waals surface area contributed by atoms with Crippen molar-refractivity contribution in [1.29, 1.82) is 0 Å². The molecule has 0 aliphatic heterocycles. The molecule has 4 heteroatoms. The van der Waals surface area contributed by atoms with Crippen LogP contribution in [0.2, 0.25) is 0 Å². The zero-order valence-corrected chi connectivity index (χ0v) is 16.3. The van der Waals surface area contributed by atoms with E-state index in [9.17, 15) is 14.7 Å². The number of ether oxygens (including phenoxy) is 1. The first-order chi connectivity index (χ1) is 12.3. The van der Waals surface area contributed by atoms with Crippen molar-refractivity contribution in [2.75, 3.05) is 0 Å². The lowest BCUT2D eigenvalue weighted by atomic mass is 9.47. The minimum atomic E-state index is -1.14. The van der Waals surface area contributed by atoms with Crippen LogP contribution in [0, 0.1) is 28.6 Å². The van der Waals surface area contributed by atoms with Gasteiger partial charge < -0.3 is 9.84 Å². The smallest absolute Gasteiger partial charge is 0.293 e. The Kier molecular flexibility index (Phi) is 4.15. The van der Waals surface area contributed by atoms with Crippen LogP contribution in [0.3, 0.4) is 0 Å². The van der Waals surface area contributed by atoms with Gasteiger partial charge in [0.05, 0.1) is 0 Å². The van der Waals surface area contributed by atoms with Gasteiger partial charge in [0.15, 0.2) is 5.78 Å². The molecule has 4 aliphatic rings. The summed E-state index contributed by atoms with van der Waals surface area (Å²) < 4.78 is 5.26. The number of Topliss-reactive ketones (excluding diaryl/α,β-unsaturated/α-hetero) is 1. The van der Waals surface area contributed by atoms with Gasteiger partial charge in [0.2, 0.25) is 0 Å². The van der Waals surface area contributed by atoms with Gasteiger partial charge in [-0.05, 0) is 75.0 Å². The summed E-state index contributed by atoms with van der Waals surface area (Å²) in [6.45, 7) is 6.72. The van der Waals surface area contributed by atoms with E-state index in [1.165, 1.54) is 5.57 Å². The van der Waals surface area contributed by atoms with Crippen LogP contribution in [0.4, 0.5) is 0 Å². The maximum atomic E-state index is 12.3. The zero-order valence-electron chi connectivity index (χ0n) is 16.3. The van der Waals surface area contributed by atoms with Crippen molar-refractivity contribution in [1.82, 2.24) is 0 Å². The van der Waals surface area contributed by atoms with Crippen molar-refractivity contribution < 1.29 is 19.4 Å². The van der Waals surface area contributed by atoms with E-state index in [1.807, 2.05) is 0 Å². The average Bonchev–Trinajstić information content (AvgIpc) is 2.88. The summed E-state index contributed by atoms with van der Waals surface area (Å²) in [4.78, 5) is 23.0. The predicted octanol–water partition coefficient (Wildman–Crippen LogP) is 3.81. The van der Waals surface area contributed by atoms with E-state index in [0.717, 1.165) is 44.9 Å². The molecule has 7 atom stereocenters. The Morgan fingerprint density at radius 1 is 1.19 bits per heavy atom. The lowest BCUT2D eigenvalue weighted by Crippen LogP contribution is -2.57. The highest BCUT2D eigenvalue weighted by molar-refractivity contribution is 5.86. The maximum absolute atomic E-state index is 12.3. The molecule has 1 N–H and O–H groups in total. The molecule has 3 fully saturated rings. The van der Waals surface area contributed by atoms with Gasteiger partial charge in [-0.15, -0.1) is 0 Å². The van der Waals surface area contributed by atoms with E-state index in [2.05, 4.69) is 19.9 Å². The molecule has 144 valence electrons. The Balaban J connectivity index is 1.64. The van der Waals surface area contributed by atoms with E-state index in [-0.39, 0.29) is 22.7 Å². The summed E-state index contributed by atoms with van der Waals surface area (Å²) in [5, 5.41) is 11.2. The number of rotatable bonds is 3. The summed E-state index contributed by atoms with van der Waals surface area (Å²) in [5.41, 5.74) is 0.243. The summed E-state index contributed by atoms with van der Waals surface area (Å²) in [6, 6.07) is 0. The van der Waals surface area contributed by atoms with Crippen molar-refractivity contribution in [3.8, 4) is 0 Å². The van der Waals surface area contributed by atoms with Crippen LogP contribution in [0.5, 0.6) is 0 Å².